The molecule has 3 nitrogen and oxygen atoms in total. The van der Waals surface area contributed by atoms with Gasteiger partial charge in [-0.1, -0.05) is 25.1 Å². The average molecular weight is 321 g/mol. The second kappa shape index (κ2) is 9.21. The minimum atomic E-state index is -0.0433. The Morgan fingerprint density at radius 2 is 2.00 bits per heavy atom. The molecule has 0 radical (unpaired) electrons. The maximum atomic E-state index is 12.1. The molecule has 1 atom stereocenters. The first-order chi connectivity index (χ1) is 10.6. The molecule has 1 heterocycles. The topological polar surface area (TPSA) is 32.3 Å². The molecule has 0 aromatic heterocycles. The summed E-state index contributed by atoms with van der Waals surface area (Å²) in [5, 5.41) is 3.02. The SMILES string of the molecule is CC1CCN(CCCNC(=O)[C@@H](C)Sc2ccccc2)CC1. The van der Waals surface area contributed by atoms with Crippen LogP contribution in [0.5, 0.6) is 0 Å². The normalized spacial score (nSPS) is 18.1. The van der Waals surface area contributed by atoms with Crippen molar-refractivity contribution in [3.05, 3.63) is 30.3 Å². The molecule has 1 fully saturated rings. The molecule has 1 aliphatic heterocycles. The molecule has 0 unspecified atom stereocenters. The lowest BCUT2D eigenvalue weighted by Gasteiger charge is -2.30. The van der Waals surface area contributed by atoms with Crippen molar-refractivity contribution in [2.75, 3.05) is 26.2 Å². The first kappa shape index (κ1) is 17.4. The molecule has 122 valence electrons. The Labute approximate surface area is 138 Å². The zero-order valence-corrected chi connectivity index (χ0v) is 14.6. The van der Waals surface area contributed by atoms with E-state index in [2.05, 4.69) is 17.1 Å². The van der Waals surface area contributed by atoms with Gasteiger partial charge in [-0.2, -0.15) is 0 Å². The summed E-state index contributed by atoms with van der Waals surface area (Å²) in [5.41, 5.74) is 0. The fourth-order valence-corrected chi connectivity index (χ4v) is 3.61. The van der Waals surface area contributed by atoms with Crippen LogP contribution in [-0.4, -0.2) is 42.2 Å². The van der Waals surface area contributed by atoms with Gasteiger partial charge in [0.25, 0.3) is 0 Å². The number of thioether (sulfide) groups is 1. The number of hydrogen-bond acceptors (Lipinski definition) is 3. The summed E-state index contributed by atoms with van der Waals surface area (Å²) >= 11 is 1.62. The third kappa shape index (κ3) is 6.01. The number of nitrogens with one attached hydrogen (secondary N) is 1. The van der Waals surface area contributed by atoms with Crippen LogP contribution in [0.25, 0.3) is 0 Å². The quantitative estimate of drug-likeness (QED) is 0.617. The van der Waals surface area contributed by atoms with Crippen LogP contribution in [-0.2, 0) is 4.79 Å². The van der Waals surface area contributed by atoms with Gasteiger partial charge in [-0.3, -0.25) is 4.79 Å². The van der Waals surface area contributed by atoms with Gasteiger partial charge in [-0.25, -0.2) is 0 Å². The van der Waals surface area contributed by atoms with Crippen molar-refractivity contribution in [2.24, 2.45) is 5.92 Å². The Morgan fingerprint density at radius 1 is 1.32 bits per heavy atom. The first-order valence-corrected chi connectivity index (χ1v) is 9.25. The van der Waals surface area contributed by atoms with Crippen molar-refractivity contribution < 1.29 is 4.79 Å². The zero-order valence-electron chi connectivity index (χ0n) is 13.8. The number of hydrogen-bond donors (Lipinski definition) is 1. The lowest BCUT2D eigenvalue weighted by molar-refractivity contribution is -0.120. The van der Waals surface area contributed by atoms with Gasteiger partial charge in [0, 0.05) is 11.4 Å². The fraction of sp³-hybridized carbons (Fsp3) is 0.611. The molecule has 1 aromatic rings. The highest BCUT2D eigenvalue weighted by molar-refractivity contribution is 8.00. The molecule has 0 saturated carbocycles. The van der Waals surface area contributed by atoms with Gasteiger partial charge in [0.1, 0.15) is 0 Å². The van der Waals surface area contributed by atoms with E-state index in [1.165, 1.54) is 25.9 Å². The Hall–Kier alpha value is -1.00. The number of piperidine rings is 1. The summed E-state index contributed by atoms with van der Waals surface area (Å²) in [7, 11) is 0. The molecule has 1 saturated heterocycles. The summed E-state index contributed by atoms with van der Waals surface area (Å²) in [6.07, 6.45) is 3.68. The molecule has 0 bridgehead atoms. The maximum Gasteiger partial charge on any atom is 0.233 e. The number of likely N-dealkylation sites (tertiary alicyclic amines) is 1. The monoisotopic (exact) mass is 320 g/mol. The highest BCUT2D eigenvalue weighted by Crippen LogP contribution is 2.22. The van der Waals surface area contributed by atoms with Crippen LogP contribution in [0.3, 0.4) is 0 Å². The zero-order chi connectivity index (χ0) is 15.8. The average Bonchev–Trinajstić information content (AvgIpc) is 2.54. The number of amides is 1. The van der Waals surface area contributed by atoms with E-state index in [4.69, 9.17) is 0 Å². The minimum Gasteiger partial charge on any atom is -0.355 e. The summed E-state index contributed by atoms with van der Waals surface area (Å²) in [6.45, 7) is 8.63. The Morgan fingerprint density at radius 3 is 2.68 bits per heavy atom. The predicted octanol–water partition coefficient (Wildman–Crippen LogP) is 3.41. The van der Waals surface area contributed by atoms with E-state index in [1.54, 1.807) is 11.8 Å². The van der Waals surface area contributed by atoms with Gasteiger partial charge >= 0.3 is 0 Å². The van der Waals surface area contributed by atoms with E-state index in [1.807, 2.05) is 37.3 Å². The summed E-state index contributed by atoms with van der Waals surface area (Å²) < 4.78 is 0. The van der Waals surface area contributed by atoms with E-state index in [0.717, 1.165) is 30.3 Å². The number of carbonyl (C=O) groups excluding carboxylic acids is 1. The van der Waals surface area contributed by atoms with Crippen molar-refractivity contribution in [2.45, 2.75) is 43.3 Å². The molecular formula is C18H28N2OS. The molecule has 1 aromatic carbocycles. The highest BCUT2D eigenvalue weighted by atomic mass is 32.2. The molecule has 0 aliphatic carbocycles. The lowest BCUT2D eigenvalue weighted by Crippen LogP contribution is -2.36. The molecule has 22 heavy (non-hydrogen) atoms. The van der Waals surface area contributed by atoms with Gasteiger partial charge in [-0.05, 0) is 63.9 Å². The molecular weight excluding hydrogens is 292 g/mol. The predicted molar refractivity (Wildman–Crippen MR) is 94.2 cm³/mol. The number of rotatable bonds is 7. The molecule has 2 rings (SSSR count). The van der Waals surface area contributed by atoms with Crippen molar-refractivity contribution >= 4 is 17.7 Å². The molecule has 1 aliphatic rings. The number of nitrogens with zero attached hydrogens (tertiary/aromatic N) is 1. The first-order valence-electron chi connectivity index (χ1n) is 8.37. The smallest absolute Gasteiger partial charge is 0.233 e. The van der Waals surface area contributed by atoms with Crippen molar-refractivity contribution in [1.29, 1.82) is 0 Å². The van der Waals surface area contributed by atoms with Crippen LogP contribution in [0.2, 0.25) is 0 Å². The van der Waals surface area contributed by atoms with Gasteiger partial charge in [-0.15, -0.1) is 11.8 Å². The van der Waals surface area contributed by atoms with E-state index in [-0.39, 0.29) is 11.2 Å². The van der Waals surface area contributed by atoms with E-state index in [0.29, 0.717) is 0 Å². The van der Waals surface area contributed by atoms with Gasteiger partial charge in [0.2, 0.25) is 5.91 Å². The second-order valence-corrected chi connectivity index (χ2v) is 7.66. The van der Waals surface area contributed by atoms with E-state index >= 15 is 0 Å². The van der Waals surface area contributed by atoms with Crippen molar-refractivity contribution in [3.8, 4) is 0 Å². The highest BCUT2D eigenvalue weighted by Gasteiger charge is 2.16. The van der Waals surface area contributed by atoms with Gasteiger partial charge in [0.15, 0.2) is 0 Å². The fourth-order valence-electron chi connectivity index (χ4n) is 2.70. The lowest BCUT2D eigenvalue weighted by atomic mass is 9.99. The van der Waals surface area contributed by atoms with Crippen LogP contribution in [0.15, 0.2) is 35.2 Å². The molecule has 1 N–H and O–H groups in total. The second-order valence-electron chi connectivity index (χ2n) is 6.24. The Kier molecular flexibility index (Phi) is 7.26. The standard InChI is InChI=1S/C18H28N2OS/c1-15-9-13-20(14-10-15)12-6-11-19-18(21)16(2)22-17-7-4-3-5-8-17/h3-5,7-8,15-16H,6,9-14H2,1-2H3,(H,19,21)/t16-/m1/s1. The van der Waals surface area contributed by atoms with Crippen molar-refractivity contribution in [1.82, 2.24) is 10.2 Å². The Balaban J connectivity index is 1.59. The van der Waals surface area contributed by atoms with Crippen LogP contribution in [0.4, 0.5) is 0 Å². The Bertz CT molecular complexity index is 444. The van der Waals surface area contributed by atoms with E-state index in [9.17, 15) is 4.79 Å². The van der Waals surface area contributed by atoms with Crippen molar-refractivity contribution in [3.63, 3.8) is 0 Å². The van der Waals surface area contributed by atoms with Crippen LogP contribution in [0, 0.1) is 5.92 Å². The van der Waals surface area contributed by atoms with Crippen LogP contribution in [0.1, 0.15) is 33.1 Å². The molecule has 0 spiro atoms. The number of carbonyl (C=O) groups is 1. The number of benzene rings is 1. The summed E-state index contributed by atoms with van der Waals surface area (Å²) in [4.78, 5) is 15.8. The van der Waals surface area contributed by atoms with Gasteiger partial charge in [0.05, 0.1) is 5.25 Å². The van der Waals surface area contributed by atoms with Gasteiger partial charge < -0.3 is 10.2 Å². The third-order valence-corrected chi connectivity index (χ3v) is 5.36. The third-order valence-electron chi connectivity index (χ3n) is 4.25. The van der Waals surface area contributed by atoms with Crippen LogP contribution >= 0.6 is 11.8 Å². The van der Waals surface area contributed by atoms with E-state index < -0.39 is 0 Å². The largest absolute Gasteiger partial charge is 0.355 e. The summed E-state index contributed by atoms with van der Waals surface area (Å²) in [5.74, 6) is 1.02. The molecule has 4 heteroatoms. The maximum absolute atomic E-state index is 12.1. The molecule has 1 amide bonds. The van der Waals surface area contributed by atoms with Crippen LogP contribution < -0.4 is 5.32 Å². The summed E-state index contributed by atoms with van der Waals surface area (Å²) in [6, 6.07) is 10.1. The minimum absolute atomic E-state index is 0.0433.